The molecular formula is C20H28NO2+. The molecule has 2 aliphatic heterocycles. The molecule has 2 saturated heterocycles. The van der Waals surface area contributed by atoms with Crippen LogP contribution in [0.25, 0.3) is 6.08 Å². The van der Waals surface area contributed by atoms with Gasteiger partial charge in [-0.3, -0.25) is 0 Å². The van der Waals surface area contributed by atoms with Crippen molar-refractivity contribution in [2.75, 3.05) is 26.7 Å². The van der Waals surface area contributed by atoms with Gasteiger partial charge in [-0.1, -0.05) is 30.3 Å². The fourth-order valence-corrected chi connectivity index (χ4v) is 4.39. The number of hydrogen-bond acceptors (Lipinski definition) is 2. The van der Waals surface area contributed by atoms with E-state index in [1.807, 2.05) is 36.4 Å². The summed E-state index contributed by atoms with van der Waals surface area (Å²) in [6.45, 7) is 3.17. The second-order valence-corrected chi connectivity index (χ2v) is 7.27. The smallest absolute Gasteiger partial charge is 0.330 e. The average molecular weight is 314 g/mol. The molecule has 1 aromatic rings. The van der Waals surface area contributed by atoms with Crippen LogP contribution in [0, 0.1) is 5.92 Å². The van der Waals surface area contributed by atoms with E-state index in [4.69, 9.17) is 4.74 Å². The molecule has 3 nitrogen and oxygen atoms in total. The van der Waals surface area contributed by atoms with Crippen LogP contribution in [-0.2, 0) is 9.53 Å². The number of quaternary nitrogens is 1. The summed E-state index contributed by atoms with van der Waals surface area (Å²) in [6.07, 6.45) is 9.80. The predicted octanol–water partition coefficient (Wildman–Crippen LogP) is 3.65. The van der Waals surface area contributed by atoms with Crippen LogP contribution in [0.1, 0.15) is 37.7 Å². The lowest BCUT2D eigenvalue weighted by atomic mass is 9.82. The van der Waals surface area contributed by atoms with Crippen molar-refractivity contribution in [3.63, 3.8) is 0 Å². The number of esters is 1. The van der Waals surface area contributed by atoms with Gasteiger partial charge in [-0.2, -0.15) is 0 Å². The molecule has 124 valence electrons. The molecule has 3 heteroatoms. The van der Waals surface area contributed by atoms with Crippen LogP contribution in [-0.4, -0.2) is 43.2 Å². The van der Waals surface area contributed by atoms with Gasteiger partial charge in [-0.15, -0.1) is 0 Å². The predicted molar refractivity (Wildman–Crippen MR) is 92.7 cm³/mol. The standard InChI is InChI=1S/C20H28NO2/c1-21-14-6-5-11-19(21)18(10-7-15-21)16-23-20(22)13-12-17-8-3-2-4-9-17/h2-4,8-9,12-13,18-19H,5-7,10-11,14-16H2,1H3/q+1/b13-12+/t18-,19+,21-/m0/s1. The fourth-order valence-electron chi connectivity index (χ4n) is 4.39. The Morgan fingerprint density at radius 3 is 2.78 bits per heavy atom. The lowest BCUT2D eigenvalue weighted by Crippen LogP contribution is -2.61. The van der Waals surface area contributed by atoms with E-state index in [0.29, 0.717) is 18.6 Å². The van der Waals surface area contributed by atoms with Gasteiger partial charge >= 0.3 is 5.97 Å². The molecule has 2 heterocycles. The molecule has 0 bridgehead atoms. The Bertz CT molecular complexity index is 550. The van der Waals surface area contributed by atoms with Gasteiger partial charge in [0, 0.05) is 18.4 Å². The number of nitrogens with zero attached hydrogens (tertiary/aromatic N) is 1. The van der Waals surface area contributed by atoms with Crippen LogP contribution < -0.4 is 0 Å². The molecule has 0 radical (unpaired) electrons. The van der Waals surface area contributed by atoms with Crippen molar-refractivity contribution in [1.82, 2.24) is 0 Å². The first-order chi connectivity index (χ1) is 11.2. The number of fused-ring (bicyclic) bond motifs is 1. The fraction of sp³-hybridized carbons (Fsp3) is 0.550. The van der Waals surface area contributed by atoms with Gasteiger partial charge in [0.05, 0.1) is 26.2 Å². The molecule has 1 aromatic carbocycles. The Kier molecular flexibility index (Phi) is 5.16. The van der Waals surface area contributed by atoms with Crippen molar-refractivity contribution < 1.29 is 14.0 Å². The number of benzene rings is 1. The van der Waals surface area contributed by atoms with Crippen LogP contribution in [0.15, 0.2) is 36.4 Å². The normalized spacial score (nSPS) is 30.8. The Morgan fingerprint density at radius 2 is 1.96 bits per heavy atom. The zero-order chi connectivity index (χ0) is 16.1. The van der Waals surface area contributed by atoms with Crippen LogP contribution in [0.2, 0.25) is 0 Å². The van der Waals surface area contributed by atoms with E-state index in [1.165, 1.54) is 49.7 Å². The molecule has 2 fully saturated rings. The van der Waals surface area contributed by atoms with Gasteiger partial charge in [0.1, 0.15) is 6.61 Å². The number of rotatable bonds is 4. The third kappa shape index (κ3) is 4.03. The molecule has 0 amide bonds. The Morgan fingerprint density at radius 1 is 1.17 bits per heavy atom. The second kappa shape index (κ2) is 7.31. The average Bonchev–Trinajstić information content (AvgIpc) is 2.58. The summed E-state index contributed by atoms with van der Waals surface area (Å²) in [5.74, 6) is 0.313. The number of carbonyl (C=O) groups excluding carboxylic acids is 1. The molecule has 23 heavy (non-hydrogen) atoms. The minimum atomic E-state index is -0.218. The van der Waals surface area contributed by atoms with Crippen LogP contribution >= 0.6 is 0 Å². The van der Waals surface area contributed by atoms with Gasteiger partial charge in [-0.05, 0) is 37.3 Å². The summed E-state index contributed by atoms with van der Waals surface area (Å²) >= 11 is 0. The Labute approximate surface area is 139 Å². The third-order valence-electron chi connectivity index (χ3n) is 5.66. The maximum Gasteiger partial charge on any atom is 0.330 e. The van der Waals surface area contributed by atoms with Crippen molar-refractivity contribution in [3.05, 3.63) is 42.0 Å². The van der Waals surface area contributed by atoms with E-state index in [9.17, 15) is 4.79 Å². The van der Waals surface area contributed by atoms with Gasteiger partial charge < -0.3 is 9.22 Å². The molecule has 2 aliphatic rings. The Hall–Kier alpha value is -1.61. The molecule has 0 saturated carbocycles. The quantitative estimate of drug-likeness (QED) is 0.482. The van der Waals surface area contributed by atoms with Crippen LogP contribution in [0.5, 0.6) is 0 Å². The van der Waals surface area contributed by atoms with E-state index >= 15 is 0 Å². The van der Waals surface area contributed by atoms with Crippen molar-refractivity contribution in [2.24, 2.45) is 5.92 Å². The summed E-state index contributed by atoms with van der Waals surface area (Å²) in [6, 6.07) is 10.6. The summed E-state index contributed by atoms with van der Waals surface area (Å²) in [5, 5.41) is 0. The molecule has 0 unspecified atom stereocenters. The highest BCUT2D eigenvalue weighted by molar-refractivity contribution is 5.87. The summed E-state index contributed by atoms with van der Waals surface area (Å²) in [4.78, 5) is 12.0. The topological polar surface area (TPSA) is 26.3 Å². The van der Waals surface area contributed by atoms with Crippen molar-refractivity contribution in [1.29, 1.82) is 0 Å². The van der Waals surface area contributed by atoms with Gasteiger partial charge in [0.25, 0.3) is 0 Å². The highest BCUT2D eigenvalue weighted by atomic mass is 16.5. The number of piperidine rings is 2. The number of carbonyl (C=O) groups is 1. The molecule has 0 aromatic heterocycles. The summed E-state index contributed by atoms with van der Waals surface area (Å²) in [7, 11) is 2.40. The zero-order valence-corrected chi connectivity index (χ0v) is 14.1. The maximum absolute atomic E-state index is 12.0. The van der Waals surface area contributed by atoms with E-state index in [0.717, 1.165) is 5.56 Å². The molecular weight excluding hydrogens is 286 g/mol. The lowest BCUT2D eigenvalue weighted by Gasteiger charge is -2.51. The van der Waals surface area contributed by atoms with Crippen LogP contribution in [0.3, 0.4) is 0 Å². The number of ether oxygens (including phenoxy) is 1. The lowest BCUT2D eigenvalue weighted by molar-refractivity contribution is -0.947. The van der Waals surface area contributed by atoms with E-state index in [2.05, 4.69) is 7.05 Å². The third-order valence-corrected chi connectivity index (χ3v) is 5.66. The largest absolute Gasteiger partial charge is 0.462 e. The molecule has 0 aliphatic carbocycles. The second-order valence-electron chi connectivity index (χ2n) is 7.27. The van der Waals surface area contributed by atoms with Crippen molar-refractivity contribution in [2.45, 2.75) is 38.1 Å². The first-order valence-corrected chi connectivity index (χ1v) is 8.91. The van der Waals surface area contributed by atoms with Gasteiger partial charge in [0.2, 0.25) is 0 Å². The molecule has 3 rings (SSSR count). The van der Waals surface area contributed by atoms with E-state index < -0.39 is 0 Å². The van der Waals surface area contributed by atoms with Gasteiger partial charge in [0.15, 0.2) is 0 Å². The Balaban J connectivity index is 1.53. The molecule has 0 N–H and O–H groups in total. The van der Waals surface area contributed by atoms with E-state index in [-0.39, 0.29) is 5.97 Å². The summed E-state index contributed by atoms with van der Waals surface area (Å²) < 4.78 is 6.76. The first kappa shape index (κ1) is 16.3. The zero-order valence-electron chi connectivity index (χ0n) is 14.1. The SMILES string of the molecule is C[N@@+]12CCCC[C@@H]1[C@H](COC(=O)/C=C/c1ccccc1)CCC2. The highest BCUT2D eigenvalue weighted by Gasteiger charge is 2.43. The molecule has 0 spiro atoms. The maximum atomic E-state index is 12.0. The minimum absolute atomic E-state index is 0.218. The van der Waals surface area contributed by atoms with Crippen molar-refractivity contribution >= 4 is 12.0 Å². The minimum Gasteiger partial charge on any atom is -0.462 e. The van der Waals surface area contributed by atoms with Gasteiger partial charge in [-0.25, -0.2) is 4.79 Å². The van der Waals surface area contributed by atoms with Crippen molar-refractivity contribution in [3.8, 4) is 0 Å². The monoisotopic (exact) mass is 314 g/mol. The first-order valence-electron chi connectivity index (χ1n) is 8.91. The number of hydrogen-bond donors (Lipinski definition) is 0. The van der Waals surface area contributed by atoms with E-state index in [1.54, 1.807) is 6.08 Å². The van der Waals surface area contributed by atoms with Crippen LogP contribution in [0.4, 0.5) is 0 Å². The summed E-state index contributed by atoms with van der Waals surface area (Å²) in [5.41, 5.74) is 1.03. The molecule has 3 atom stereocenters. The highest BCUT2D eigenvalue weighted by Crippen LogP contribution is 2.36.